The third kappa shape index (κ3) is 5.88. The van der Waals surface area contributed by atoms with Crippen molar-refractivity contribution in [3.63, 3.8) is 0 Å². The molecule has 1 aromatic rings. The number of nitrogens with one attached hydrogen (secondary N) is 1. The molecule has 0 radical (unpaired) electrons. The summed E-state index contributed by atoms with van der Waals surface area (Å²) in [5.41, 5.74) is 3.65. The summed E-state index contributed by atoms with van der Waals surface area (Å²) in [5, 5.41) is 12.4. The third-order valence-electron chi connectivity index (χ3n) is 3.20. The third-order valence-corrected chi connectivity index (χ3v) is 3.20. The van der Waals surface area contributed by atoms with Crippen LogP contribution in [0.2, 0.25) is 0 Å². The van der Waals surface area contributed by atoms with Gasteiger partial charge in [-0.05, 0) is 31.7 Å². The average molecular weight is 263 g/mol. The summed E-state index contributed by atoms with van der Waals surface area (Å²) in [6, 6.07) is 6.36. The van der Waals surface area contributed by atoms with Gasteiger partial charge in [0, 0.05) is 13.0 Å². The lowest BCUT2D eigenvalue weighted by Gasteiger charge is -2.15. The van der Waals surface area contributed by atoms with Gasteiger partial charge in [0.2, 0.25) is 5.91 Å². The molecule has 3 heteroatoms. The molecule has 1 rings (SSSR count). The number of amides is 1. The van der Waals surface area contributed by atoms with Crippen molar-refractivity contribution in [3.8, 4) is 0 Å². The van der Waals surface area contributed by atoms with Gasteiger partial charge in [-0.2, -0.15) is 0 Å². The number of carbonyl (C=O) groups excluding carboxylic acids is 1. The maximum absolute atomic E-state index is 11.7. The first-order valence-electron chi connectivity index (χ1n) is 6.90. The highest BCUT2D eigenvalue weighted by atomic mass is 16.3. The van der Waals surface area contributed by atoms with Gasteiger partial charge in [-0.3, -0.25) is 4.79 Å². The zero-order valence-electron chi connectivity index (χ0n) is 12.4. The second-order valence-corrected chi connectivity index (χ2v) is 5.61. The molecule has 0 aromatic heterocycles. The molecule has 3 nitrogen and oxygen atoms in total. The van der Waals surface area contributed by atoms with Crippen LogP contribution in [0.5, 0.6) is 0 Å². The highest BCUT2D eigenvalue weighted by molar-refractivity contribution is 5.76. The van der Waals surface area contributed by atoms with Crippen molar-refractivity contribution in [1.82, 2.24) is 5.32 Å². The molecule has 0 spiro atoms. The molecule has 1 amide bonds. The van der Waals surface area contributed by atoms with Gasteiger partial charge in [-0.1, -0.05) is 43.2 Å². The summed E-state index contributed by atoms with van der Waals surface area (Å²) in [6.45, 7) is 8.34. The number of aryl methyl sites for hydroxylation is 3. The summed E-state index contributed by atoms with van der Waals surface area (Å²) in [5.74, 6) is 0.165. The van der Waals surface area contributed by atoms with Crippen LogP contribution in [0.4, 0.5) is 0 Å². The lowest BCUT2D eigenvalue weighted by molar-refractivity contribution is -0.121. The second-order valence-electron chi connectivity index (χ2n) is 5.61. The standard InChI is InChI=1S/C16H25NO2/c1-11(2)15(18)10-17-16(19)6-5-14-8-12(3)7-13(4)9-14/h7-9,11,15,18H,5-6,10H2,1-4H3,(H,17,19). The second kappa shape index (κ2) is 7.29. The molecule has 2 N–H and O–H groups in total. The van der Waals surface area contributed by atoms with Crippen molar-refractivity contribution in [2.45, 2.75) is 46.6 Å². The number of aliphatic hydroxyl groups excluding tert-OH is 1. The number of aliphatic hydroxyl groups is 1. The van der Waals surface area contributed by atoms with E-state index in [1.54, 1.807) is 0 Å². The molecule has 106 valence electrons. The van der Waals surface area contributed by atoms with Crippen LogP contribution in [-0.2, 0) is 11.2 Å². The van der Waals surface area contributed by atoms with E-state index in [4.69, 9.17) is 0 Å². The Labute approximate surface area is 116 Å². The monoisotopic (exact) mass is 263 g/mol. The van der Waals surface area contributed by atoms with E-state index in [0.29, 0.717) is 13.0 Å². The minimum atomic E-state index is -0.467. The van der Waals surface area contributed by atoms with Crippen molar-refractivity contribution in [2.75, 3.05) is 6.54 Å². The van der Waals surface area contributed by atoms with E-state index in [-0.39, 0.29) is 11.8 Å². The summed E-state index contributed by atoms with van der Waals surface area (Å²) in [4.78, 5) is 11.7. The van der Waals surface area contributed by atoms with Crippen molar-refractivity contribution >= 4 is 5.91 Å². The normalized spacial score (nSPS) is 12.5. The predicted octanol–water partition coefficient (Wildman–Crippen LogP) is 2.37. The highest BCUT2D eigenvalue weighted by Gasteiger charge is 2.10. The Morgan fingerprint density at radius 3 is 2.32 bits per heavy atom. The lowest BCUT2D eigenvalue weighted by atomic mass is 10.0. The Kier molecular flexibility index (Phi) is 6.03. The molecule has 0 saturated carbocycles. The number of carbonyl (C=O) groups is 1. The minimum Gasteiger partial charge on any atom is -0.391 e. The predicted molar refractivity (Wildman–Crippen MR) is 78.1 cm³/mol. The van der Waals surface area contributed by atoms with Gasteiger partial charge in [0.25, 0.3) is 0 Å². The summed E-state index contributed by atoms with van der Waals surface area (Å²) in [6.07, 6.45) is 0.741. The zero-order valence-corrected chi connectivity index (χ0v) is 12.4. The van der Waals surface area contributed by atoms with E-state index < -0.39 is 6.10 Å². The van der Waals surface area contributed by atoms with Crippen LogP contribution >= 0.6 is 0 Å². The van der Waals surface area contributed by atoms with E-state index in [1.807, 2.05) is 13.8 Å². The topological polar surface area (TPSA) is 49.3 Å². The molecule has 0 fully saturated rings. The molecule has 1 aromatic carbocycles. The van der Waals surface area contributed by atoms with Crippen molar-refractivity contribution in [2.24, 2.45) is 5.92 Å². The molecule has 0 heterocycles. The Bertz CT molecular complexity index is 407. The molecule has 0 aliphatic rings. The molecule has 0 saturated heterocycles. The Morgan fingerprint density at radius 1 is 1.21 bits per heavy atom. The van der Waals surface area contributed by atoms with Crippen molar-refractivity contribution in [1.29, 1.82) is 0 Å². The number of hydrogen-bond donors (Lipinski definition) is 2. The molecular weight excluding hydrogens is 238 g/mol. The fourth-order valence-electron chi connectivity index (χ4n) is 2.01. The Morgan fingerprint density at radius 2 is 1.79 bits per heavy atom. The first-order valence-corrected chi connectivity index (χ1v) is 6.90. The largest absolute Gasteiger partial charge is 0.391 e. The van der Waals surface area contributed by atoms with E-state index in [2.05, 4.69) is 37.4 Å². The molecule has 0 bridgehead atoms. The lowest BCUT2D eigenvalue weighted by Crippen LogP contribution is -2.34. The summed E-state index contributed by atoms with van der Waals surface area (Å²) >= 11 is 0. The van der Waals surface area contributed by atoms with Crippen LogP contribution in [0.3, 0.4) is 0 Å². The number of benzene rings is 1. The molecular formula is C16H25NO2. The molecule has 1 unspecified atom stereocenters. The van der Waals surface area contributed by atoms with Crippen LogP contribution in [0.15, 0.2) is 18.2 Å². The van der Waals surface area contributed by atoms with Gasteiger partial charge in [0.15, 0.2) is 0 Å². The van der Waals surface area contributed by atoms with Gasteiger partial charge in [0.05, 0.1) is 6.10 Å². The number of rotatable bonds is 6. The maximum atomic E-state index is 11.7. The first-order chi connectivity index (χ1) is 8.88. The molecule has 0 aliphatic heterocycles. The van der Waals surface area contributed by atoms with E-state index >= 15 is 0 Å². The van der Waals surface area contributed by atoms with E-state index in [9.17, 15) is 9.90 Å². The van der Waals surface area contributed by atoms with Crippen LogP contribution in [-0.4, -0.2) is 23.7 Å². The van der Waals surface area contributed by atoms with Gasteiger partial charge >= 0.3 is 0 Å². The van der Waals surface area contributed by atoms with Crippen LogP contribution in [0.25, 0.3) is 0 Å². The van der Waals surface area contributed by atoms with E-state index in [1.165, 1.54) is 16.7 Å². The Hall–Kier alpha value is -1.35. The highest BCUT2D eigenvalue weighted by Crippen LogP contribution is 2.10. The minimum absolute atomic E-state index is 0.00106. The fourth-order valence-corrected chi connectivity index (χ4v) is 2.01. The molecule has 0 aliphatic carbocycles. The average Bonchev–Trinajstić information content (AvgIpc) is 2.32. The van der Waals surface area contributed by atoms with Crippen molar-refractivity contribution < 1.29 is 9.90 Å². The van der Waals surface area contributed by atoms with Crippen molar-refractivity contribution in [3.05, 3.63) is 34.9 Å². The first kappa shape index (κ1) is 15.7. The maximum Gasteiger partial charge on any atom is 0.220 e. The molecule has 1 atom stereocenters. The van der Waals surface area contributed by atoms with E-state index in [0.717, 1.165) is 6.42 Å². The van der Waals surface area contributed by atoms with Crippen LogP contribution < -0.4 is 5.32 Å². The summed E-state index contributed by atoms with van der Waals surface area (Å²) in [7, 11) is 0. The van der Waals surface area contributed by atoms with Crippen LogP contribution in [0, 0.1) is 19.8 Å². The summed E-state index contributed by atoms with van der Waals surface area (Å²) < 4.78 is 0. The quantitative estimate of drug-likeness (QED) is 0.828. The fraction of sp³-hybridized carbons (Fsp3) is 0.562. The zero-order chi connectivity index (χ0) is 14.4. The SMILES string of the molecule is Cc1cc(C)cc(CCC(=O)NCC(O)C(C)C)c1. The van der Waals surface area contributed by atoms with Gasteiger partial charge < -0.3 is 10.4 Å². The van der Waals surface area contributed by atoms with Gasteiger partial charge in [-0.15, -0.1) is 0 Å². The Balaban J connectivity index is 2.37. The number of hydrogen-bond acceptors (Lipinski definition) is 2. The molecule has 19 heavy (non-hydrogen) atoms. The van der Waals surface area contributed by atoms with Crippen LogP contribution in [0.1, 0.15) is 37.0 Å². The smallest absolute Gasteiger partial charge is 0.220 e. The van der Waals surface area contributed by atoms with Gasteiger partial charge in [0.1, 0.15) is 0 Å². The van der Waals surface area contributed by atoms with Gasteiger partial charge in [-0.25, -0.2) is 0 Å².